The summed E-state index contributed by atoms with van der Waals surface area (Å²) < 4.78 is 0. The van der Waals surface area contributed by atoms with Gasteiger partial charge in [-0.2, -0.15) is 0 Å². The quantitative estimate of drug-likeness (QED) is 0.768. The molecule has 1 saturated heterocycles. The summed E-state index contributed by atoms with van der Waals surface area (Å²) in [6, 6.07) is 8.12. The second-order valence-electron chi connectivity index (χ2n) is 4.58. The summed E-state index contributed by atoms with van der Waals surface area (Å²) >= 11 is 7.79. The first-order valence-electron chi connectivity index (χ1n) is 6.61. The molecule has 1 heterocycles. The minimum Gasteiger partial charge on any atom is -0.301 e. The van der Waals surface area contributed by atoms with Crippen LogP contribution in [-0.4, -0.2) is 54.8 Å². The Morgan fingerprint density at radius 3 is 2.28 bits per heavy atom. The zero-order valence-corrected chi connectivity index (χ0v) is 12.5. The molecule has 1 aliphatic rings. The highest BCUT2D eigenvalue weighted by Crippen LogP contribution is 2.20. The molecule has 0 bridgehead atoms. The summed E-state index contributed by atoms with van der Waals surface area (Å²) in [5, 5.41) is 0.815. The minimum absolute atomic E-state index is 0.815. The van der Waals surface area contributed by atoms with Crippen LogP contribution >= 0.6 is 23.4 Å². The fourth-order valence-corrected chi connectivity index (χ4v) is 3.19. The van der Waals surface area contributed by atoms with Gasteiger partial charge in [0.05, 0.1) is 0 Å². The van der Waals surface area contributed by atoms with Crippen LogP contribution in [0.3, 0.4) is 0 Å². The fourth-order valence-electron chi connectivity index (χ4n) is 2.15. The van der Waals surface area contributed by atoms with Crippen LogP contribution in [0, 0.1) is 0 Å². The highest BCUT2D eigenvalue weighted by atomic mass is 35.5. The van der Waals surface area contributed by atoms with Gasteiger partial charge in [0.2, 0.25) is 0 Å². The Balaban J connectivity index is 1.65. The molecular weight excluding hydrogens is 264 g/mol. The lowest BCUT2D eigenvalue weighted by atomic mass is 10.3. The number of hydrogen-bond donors (Lipinski definition) is 0. The van der Waals surface area contributed by atoms with Gasteiger partial charge in [-0.3, -0.25) is 4.90 Å². The van der Waals surface area contributed by atoms with Gasteiger partial charge >= 0.3 is 0 Å². The van der Waals surface area contributed by atoms with Gasteiger partial charge in [0.1, 0.15) is 0 Å². The van der Waals surface area contributed by atoms with Gasteiger partial charge in [0.25, 0.3) is 0 Å². The molecular formula is C14H21ClN2S. The van der Waals surface area contributed by atoms with E-state index in [1.165, 1.54) is 44.2 Å². The fraction of sp³-hybridized carbons (Fsp3) is 0.571. The van der Waals surface area contributed by atoms with Crippen LogP contribution in [0.25, 0.3) is 0 Å². The molecule has 1 fully saturated rings. The second-order valence-corrected chi connectivity index (χ2v) is 6.18. The number of hydrogen-bond acceptors (Lipinski definition) is 3. The van der Waals surface area contributed by atoms with E-state index in [4.69, 9.17) is 11.6 Å². The van der Waals surface area contributed by atoms with Crippen molar-refractivity contribution in [2.45, 2.75) is 11.8 Å². The Morgan fingerprint density at radius 1 is 1.06 bits per heavy atom. The van der Waals surface area contributed by atoms with E-state index in [0.29, 0.717) is 0 Å². The third-order valence-corrected chi connectivity index (χ3v) is 4.65. The highest BCUT2D eigenvalue weighted by molar-refractivity contribution is 7.99. The molecule has 0 spiro atoms. The van der Waals surface area contributed by atoms with Gasteiger partial charge in [-0.1, -0.05) is 18.5 Å². The van der Waals surface area contributed by atoms with E-state index < -0.39 is 0 Å². The summed E-state index contributed by atoms with van der Waals surface area (Å²) in [6.45, 7) is 9.50. The van der Waals surface area contributed by atoms with Crippen molar-refractivity contribution >= 4 is 23.4 Å². The number of likely N-dealkylation sites (N-methyl/N-ethyl adjacent to an activating group) is 1. The summed E-state index contributed by atoms with van der Waals surface area (Å²) in [7, 11) is 0. The van der Waals surface area contributed by atoms with Crippen molar-refractivity contribution in [3.63, 3.8) is 0 Å². The van der Waals surface area contributed by atoms with Crippen LogP contribution in [0.1, 0.15) is 6.92 Å². The van der Waals surface area contributed by atoms with Gasteiger partial charge in [0.15, 0.2) is 0 Å². The largest absolute Gasteiger partial charge is 0.301 e. The predicted molar refractivity (Wildman–Crippen MR) is 80.7 cm³/mol. The van der Waals surface area contributed by atoms with Gasteiger partial charge in [-0.05, 0) is 30.8 Å². The third-order valence-electron chi connectivity index (χ3n) is 3.40. The van der Waals surface area contributed by atoms with E-state index in [1.807, 2.05) is 23.9 Å². The van der Waals surface area contributed by atoms with Crippen molar-refractivity contribution in [2.24, 2.45) is 0 Å². The number of thioether (sulfide) groups is 1. The highest BCUT2D eigenvalue weighted by Gasteiger charge is 2.14. The standard InChI is InChI=1S/C14H21ClN2S/c1-2-16-7-9-17(10-8-16)11-12-18-14-5-3-13(15)4-6-14/h3-6H,2,7-12H2,1H3. The topological polar surface area (TPSA) is 6.48 Å². The molecule has 0 unspecified atom stereocenters. The molecule has 18 heavy (non-hydrogen) atoms. The second kappa shape index (κ2) is 7.39. The van der Waals surface area contributed by atoms with E-state index in [2.05, 4.69) is 28.9 Å². The van der Waals surface area contributed by atoms with Gasteiger partial charge in [-0.25, -0.2) is 0 Å². The Hall–Kier alpha value is -0.220. The lowest BCUT2D eigenvalue weighted by molar-refractivity contribution is 0.143. The zero-order valence-electron chi connectivity index (χ0n) is 10.9. The first-order valence-corrected chi connectivity index (χ1v) is 7.97. The zero-order chi connectivity index (χ0) is 12.8. The summed E-state index contributed by atoms with van der Waals surface area (Å²) in [4.78, 5) is 6.39. The van der Waals surface area contributed by atoms with E-state index in [-0.39, 0.29) is 0 Å². The molecule has 0 N–H and O–H groups in total. The van der Waals surface area contributed by atoms with Crippen molar-refractivity contribution < 1.29 is 0 Å². The maximum Gasteiger partial charge on any atom is 0.0406 e. The Kier molecular flexibility index (Phi) is 5.83. The number of halogens is 1. The molecule has 2 rings (SSSR count). The lowest BCUT2D eigenvalue weighted by Crippen LogP contribution is -2.46. The average Bonchev–Trinajstić information content (AvgIpc) is 2.42. The molecule has 1 aromatic carbocycles. The lowest BCUT2D eigenvalue weighted by Gasteiger charge is -2.33. The molecule has 0 amide bonds. The van der Waals surface area contributed by atoms with Gasteiger partial charge < -0.3 is 4.90 Å². The molecule has 100 valence electrons. The molecule has 0 atom stereocenters. The van der Waals surface area contributed by atoms with Crippen LogP contribution in [-0.2, 0) is 0 Å². The van der Waals surface area contributed by atoms with Crippen molar-refractivity contribution in [1.29, 1.82) is 0 Å². The smallest absolute Gasteiger partial charge is 0.0406 e. The van der Waals surface area contributed by atoms with Crippen LogP contribution in [0.15, 0.2) is 29.2 Å². The van der Waals surface area contributed by atoms with E-state index in [1.54, 1.807) is 0 Å². The molecule has 0 aliphatic carbocycles. The maximum absolute atomic E-state index is 5.87. The number of benzene rings is 1. The first kappa shape index (κ1) is 14.2. The van der Waals surface area contributed by atoms with Crippen LogP contribution in [0.2, 0.25) is 5.02 Å². The normalized spacial score (nSPS) is 18.1. The average molecular weight is 285 g/mol. The minimum atomic E-state index is 0.815. The van der Waals surface area contributed by atoms with Crippen LogP contribution in [0.5, 0.6) is 0 Å². The third kappa shape index (κ3) is 4.47. The molecule has 4 heteroatoms. The van der Waals surface area contributed by atoms with Gasteiger partial charge in [-0.15, -0.1) is 11.8 Å². The molecule has 1 aromatic rings. The molecule has 2 nitrogen and oxygen atoms in total. The van der Waals surface area contributed by atoms with E-state index in [0.717, 1.165) is 10.8 Å². The Labute approximate surface area is 119 Å². The van der Waals surface area contributed by atoms with E-state index >= 15 is 0 Å². The predicted octanol–water partition coefficient (Wildman–Crippen LogP) is 3.07. The monoisotopic (exact) mass is 284 g/mol. The molecule has 1 aliphatic heterocycles. The molecule has 0 radical (unpaired) electrons. The SMILES string of the molecule is CCN1CCN(CCSc2ccc(Cl)cc2)CC1. The van der Waals surface area contributed by atoms with Crippen molar-refractivity contribution in [3.8, 4) is 0 Å². The molecule has 0 aromatic heterocycles. The summed E-state index contributed by atoms with van der Waals surface area (Å²) in [6.07, 6.45) is 0. The van der Waals surface area contributed by atoms with Gasteiger partial charge in [0, 0.05) is 48.4 Å². The number of nitrogens with zero attached hydrogens (tertiary/aromatic N) is 2. The van der Waals surface area contributed by atoms with Crippen LogP contribution < -0.4 is 0 Å². The number of piperazine rings is 1. The Bertz CT molecular complexity index is 347. The summed E-state index contributed by atoms with van der Waals surface area (Å²) in [5.41, 5.74) is 0. The number of rotatable bonds is 5. The summed E-state index contributed by atoms with van der Waals surface area (Å²) in [5.74, 6) is 1.16. The molecule has 0 saturated carbocycles. The maximum atomic E-state index is 5.87. The van der Waals surface area contributed by atoms with Crippen molar-refractivity contribution in [1.82, 2.24) is 9.80 Å². The Morgan fingerprint density at radius 2 is 1.67 bits per heavy atom. The first-order chi connectivity index (χ1) is 8.78. The van der Waals surface area contributed by atoms with Crippen molar-refractivity contribution in [3.05, 3.63) is 29.3 Å². The van der Waals surface area contributed by atoms with Crippen molar-refractivity contribution in [2.75, 3.05) is 45.0 Å². The van der Waals surface area contributed by atoms with Crippen LogP contribution in [0.4, 0.5) is 0 Å². The van der Waals surface area contributed by atoms with E-state index in [9.17, 15) is 0 Å².